The summed E-state index contributed by atoms with van der Waals surface area (Å²) in [6.45, 7) is 4.11. The number of aryl methyl sites for hydroxylation is 1. The number of benzene rings is 1. The standard InChI is InChI=1S/C14H19N3S/c1-12-3-5-14(6-4-12)18-8-7-17(2)10-13-9-15-11-16-13/h3-6,9,11H,7-8,10H2,1-2H3,(H,15,16). The molecule has 0 saturated carbocycles. The largest absolute Gasteiger partial charge is 0.347 e. The quantitative estimate of drug-likeness (QED) is 0.811. The molecule has 0 aliphatic carbocycles. The van der Waals surface area contributed by atoms with E-state index in [0.29, 0.717) is 0 Å². The number of imidazole rings is 1. The number of rotatable bonds is 6. The predicted octanol–water partition coefficient (Wildman–Crippen LogP) is 2.94. The van der Waals surface area contributed by atoms with Crippen LogP contribution in [0.5, 0.6) is 0 Å². The van der Waals surface area contributed by atoms with Gasteiger partial charge in [-0.25, -0.2) is 4.98 Å². The summed E-state index contributed by atoms with van der Waals surface area (Å²) in [4.78, 5) is 10.8. The van der Waals surface area contributed by atoms with Gasteiger partial charge in [-0.15, -0.1) is 11.8 Å². The van der Waals surface area contributed by atoms with Crippen LogP contribution >= 0.6 is 11.8 Å². The molecule has 0 aliphatic rings. The molecule has 0 spiro atoms. The summed E-state index contributed by atoms with van der Waals surface area (Å²) in [5.41, 5.74) is 2.48. The third kappa shape index (κ3) is 4.20. The van der Waals surface area contributed by atoms with Crippen LogP contribution < -0.4 is 0 Å². The van der Waals surface area contributed by atoms with Crippen molar-refractivity contribution >= 4 is 11.8 Å². The van der Waals surface area contributed by atoms with Gasteiger partial charge in [-0.05, 0) is 26.1 Å². The first-order valence-corrected chi connectivity index (χ1v) is 7.08. The highest BCUT2D eigenvalue weighted by atomic mass is 32.2. The lowest BCUT2D eigenvalue weighted by atomic mass is 10.2. The van der Waals surface area contributed by atoms with E-state index in [4.69, 9.17) is 0 Å². The SMILES string of the molecule is Cc1ccc(SCCN(C)Cc2cnc[nH]2)cc1. The van der Waals surface area contributed by atoms with Crippen molar-refractivity contribution in [1.29, 1.82) is 0 Å². The van der Waals surface area contributed by atoms with Crippen molar-refractivity contribution in [3.8, 4) is 0 Å². The molecule has 0 fully saturated rings. The molecule has 1 aromatic carbocycles. The molecule has 0 amide bonds. The van der Waals surface area contributed by atoms with Crippen molar-refractivity contribution < 1.29 is 0 Å². The van der Waals surface area contributed by atoms with Gasteiger partial charge in [0.15, 0.2) is 0 Å². The van der Waals surface area contributed by atoms with Gasteiger partial charge in [-0.2, -0.15) is 0 Å². The van der Waals surface area contributed by atoms with E-state index in [1.54, 1.807) is 6.33 Å². The Morgan fingerprint density at radius 1 is 1.28 bits per heavy atom. The van der Waals surface area contributed by atoms with Gasteiger partial charge in [0.1, 0.15) is 0 Å². The maximum absolute atomic E-state index is 4.02. The Labute approximate surface area is 113 Å². The third-order valence-corrected chi connectivity index (χ3v) is 3.75. The Kier molecular flexibility index (Phi) is 4.84. The zero-order valence-corrected chi connectivity index (χ0v) is 11.7. The number of hydrogen-bond donors (Lipinski definition) is 1. The van der Waals surface area contributed by atoms with Gasteiger partial charge >= 0.3 is 0 Å². The fourth-order valence-electron chi connectivity index (χ4n) is 1.69. The van der Waals surface area contributed by atoms with Crippen molar-refractivity contribution in [1.82, 2.24) is 14.9 Å². The fraction of sp³-hybridized carbons (Fsp3) is 0.357. The van der Waals surface area contributed by atoms with E-state index >= 15 is 0 Å². The van der Waals surface area contributed by atoms with E-state index in [1.165, 1.54) is 10.5 Å². The van der Waals surface area contributed by atoms with Crippen LogP contribution in [0, 0.1) is 6.92 Å². The minimum Gasteiger partial charge on any atom is -0.347 e. The number of H-pyrrole nitrogens is 1. The van der Waals surface area contributed by atoms with Crippen LogP contribution in [0.1, 0.15) is 11.3 Å². The molecule has 18 heavy (non-hydrogen) atoms. The summed E-state index contributed by atoms with van der Waals surface area (Å²) in [5, 5.41) is 0. The van der Waals surface area contributed by atoms with Gasteiger partial charge in [0.05, 0.1) is 6.33 Å². The molecule has 0 aliphatic heterocycles. The Bertz CT molecular complexity index is 450. The molecule has 0 radical (unpaired) electrons. The Balaban J connectivity index is 1.70. The monoisotopic (exact) mass is 261 g/mol. The van der Waals surface area contributed by atoms with Crippen molar-refractivity contribution in [2.45, 2.75) is 18.4 Å². The average Bonchev–Trinajstić information content (AvgIpc) is 2.84. The zero-order chi connectivity index (χ0) is 12.8. The summed E-state index contributed by atoms with van der Waals surface area (Å²) >= 11 is 1.90. The van der Waals surface area contributed by atoms with Crippen molar-refractivity contribution in [3.05, 3.63) is 48.0 Å². The molecule has 2 rings (SSSR count). The smallest absolute Gasteiger partial charge is 0.0922 e. The maximum Gasteiger partial charge on any atom is 0.0922 e. The minimum absolute atomic E-state index is 0.925. The number of aromatic amines is 1. The first kappa shape index (κ1) is 13.2. The molecule has 0 atom stereocenters. The van der Waals surface area contributed by atoms with Gasteiger partial charge in [0.25, 0.3) is 0 Å². The Morgan fingerprint density at radius 2 is 2.06 bits per heavy atom. The Hall–Kier alpha value is -1.26. The summed E-state index contributed by atoms with van der Waals surface area (Å²) in [6, 6.07) is 8.71. The molecule has 1 heterocycles. The highest BCUT2D eigenvalue weighted by Crippen LogP contribution is 2.18. The van der Waals surface area contributed by atoms with Crippen LogP contribution in [0.25, 0.3) is 0 Å². The van der Waals surface area contributed by atoms with Crippen LogP contribution in [-0.2, 0) is 6.54 Å². The van der Waals surface area contributed by atoms with Crippen molar-refractivity contribution in [2.75, 3.05) is 19.3 Å². The molecule has 1 N–H and O–H groups in total. The van der Waals surface area contributed by atoms with E-state index in [-0.39, 0.29) is 0 Å². The number of nitrogens with one attached hydrogen (secondary N) is 1. The van der Waals surface area contributed by atoms with Crippen molar-refractivity contribution in [3.63, 3.8) is 0 Å². The number of aromatic nitrogens is 2. The van der Waals surface area contributed by atoms with Gasteiger partial charge in [-0.3, -0.25) is 4.90 Å². The molecule has 1 aromatic heterocycles. The lowest BCUT2D eigenvalue weighted by molar-refractivity contribution is 0.345. The second kappa shape index (κ2) is 6.61. The van der Waals surface area contributed by atoms with Gasteiger partial charge < -0.3 is 4.98 Å². The van der Waals surface area contributed by atoms with E-state index in [0.717, 1.165) is 24.5 Å². The van der Waals surface area contributed by atoms with Crippen LogP contribution in [0.3, 0.4) is 0 Å². The number of thioether (sulfide) groups is 1. The summed E-state index contributed by atoms with van der Waals surface area (Å²) in [5.74, 6) is 1.10. The molecule has 4 heteroatoms. The van der Waals surface area contributed by atoms with E-state index in [9.17, 15) is 0 Å². The van der Waals surface area contributed by atoms with Crippen LogP contribution in [0.4, 0.5) is 0 Å². The second-order valence-corrected chi connectivity index (χ2v) is 5.64. The summed E-state index contributed by atoms with van der Waals surface area (Å²) < 4.78 is 0. The highest BCUT2D eigenvalue weighted by Gasteiger charge is 2.01. The fourth-order valence-corrected chi connectivity index (χ4v) is 2.66. The van der Waals surface area contributed by atoms with E-state index < -0.39 is 0 Å². The molecule has 2 aromatic rings. The molecule has 0 saturated heterocycles. The first-order valence-electron chi connectivity index (χ1n) is 6.09. The number of hydrogen-bond acceptors (Lipinski definition) is 3. The zero-order valence-electron chi connectivity index (χ0n) is 10.9. The number of nitrogens with zero attached hydrogens (tertiary/aromatic N) is 2. The topological polar surface area (TPSA) is 31.9 Å². The van der Waals surface area contributed by atoms with Gasteiger partial charge in [-0.1, -0.05) is 17.7 Å². The van der Waals surface area contributed by atoms with Crippen LogP contribution in [0.15, 0.2) is 41.7 Å². The van der Waals surface area contributed by atoms with Crippen LogP contribution in [-0.4, -0.2) is 34.2 Å². The van der Waals surface area contributed by atoms with Crippen LogP contribution in [0.2, 0.25) is 0 Å². The van der Waals surface area contributed by atoms with E-state index in [1.807, 2.05) is 18.0 Å². The van der Waals surface area contributed by atoms with E-state index in [2.05, 4.69) is 53.1 Å². The predicted molar refractivity (Wildman–Crippen MR) is 76.8 cm³/mol. The second-order valence-electron chi connectivity index (χ2n) is 4.48. The summed E-state index contributed by atoms with van der Waals surface area (Å²) in [6.07, 6.45) is 3.61. The minimum atomic E-state index is 0.925. The molecule has 96 valence electrons. The van der Waals surface area contributed by atoms with Crippen molar-refractivity contribution in [2.24, 2.45) is 0 Å². The van der Waals surface area contributed by atoms with Gasteiger partial charge in [0, 0.05) is 35.6 Å². The third-order valence-electron chi connectivity index (χ3n) is 2.76. The molecular formula is C14H19N3S. The highest BCUT2D eigenvalue weighted by molar-refractivity contribution is 7.99. The lowest BCUT2D eigenvalue weighted by Crippen LogP contribution is -2.20. The molecule has 0 unspecified atom stereocenters. The lowest BCUT2D eigenvalue weighted by Gasteiger charge is -2.14. The average molecular weight is 261 g/mol. The Morgan fingerprint density at radius 3 is 2.72 bits per heavy atom. The molecule has 3 nitrogen and oxygen atoms in total. The van der Waals surface area contributed by atoms with Gasteiger partial charge in [0.2, 0.25) is 0 Å². The first-order chi connectivity index (χ1) is 8.74. The summed E-state index contributed by atoms with van der Waals surface area (Å²) in [7, 11) is 2.14. The maximum atomic E-state index is 4.02. The normalized spacial score (nSPS) is 11.1. The molecular weight excluding hydrogens is 242 g/mol. The molecule has 0 bridgehead atoms.